The van der Waals surface area contributed by atoms with Gasteiger partial charge in [0.2, 0.25) is 0 Å². The van der Waals surface area contributed by atoms with Gasteiger partial charge in [-0.3, -0.25) is 0 Å². The molecule has 2 nitrogen and oxygen atoms in total. The van der Waals surface area contributed by atoms with Crippen LogP contribution in [0.25, 0.3) is 0 Å². The van der Waals surface area contributed by atoms with E-state index in [4.69, 9.17) is 10.2 Å². The molecule has 0 aliphatic rings. The molecule has 0 bridgehead atoms. The van der Waals surface area contributed by atoms with E-state index in [0.29, 0.717) is 12.8 Å². The second kappa shape index (κ2) is 5.06. The van der Waals surface area contributed by atoms with Crippen LogP contribution in [0, 0.1) is 12.8 Å². The fourth-order valence-corrected chi connectivity index (χ4v) is 0.509. The van der Waals surface area contributed by atoms with Crippen molar-refractivity contribution in [3.63, 3.8) is 0 Å². The minimum atomic E-state index is 0.143. The Kier molecular flexibility index (Phi) is 5.01. The van der Waals surface area contributed by atoms with E-state index in [-0.39, 0.29) is 19.1 Å². The molecule has 0 fully saturated rings. The number of hydrogen-bond donors (Lipinski definition) is 2. The van der Waals surface area contributed by atoms with E-state index in [1.165, 1.54) is 0 Å². The lowest BCUT2D eigenvalue weighted by molar-refractivity contribution is 0.184. The van der Waals surface area contributed by atoms with Crippen molar-refractivity contribution in [1.29, 1.82) is 0 Å². The van der Waals surface area contributed by atoms with Gasteiger partial charge in [-0.15, -0.1) is 0 Å². The highest BCUT2D eigenvalue weighted by Crippen LogP contribution is 2.04. The zero-order valence-corrected chi connectivity index (χ0v) is 5.01. The van der Waals surface area contributed by atoms with Crippen LogP contribution in [0.1, 0.15) is 12.8 Å². The van der Waals surface area contributed by atoms with Crippen molar-refractivity contribution in [2.45, 2.75) is 12.8 Å². The summed E-state index contributed by atoms with van der Waals surface area (Å²) in [6.45, 7) is 3.90. The molecule has 49 valence electrons. The lowest BCUT2D eigenvalue weighted by Crippen LogP contribution is -2.06. The monoisotopic (exact) mass is 117 g/mol. The van der Waals surface area contributed by atoms with Gasteiger partial charge in [-0.2, -0.15) is 0 Å². The third-order valence-corrected chi connectivity index (χ3v) is 1.20. The topological polar surface area (TPSA) is 40.5 Å². The van der Waals surface area contributed by atoms with Gasteiger partial charge in [0.05, 0.1) is 0 Å². The molecular weight excluding hydrogens is 104 g/mol. The highest BCUT2D eigenvalue weighted by atomic mass is 16.3. The molecule has 1 atom stereocenters. The third kappa shape index (κ3) is 2.99. The fraction of sp³-hybridized carbons (Fsp3) is 0.833. The fourth-order valence-electron chi connectivity index (χ4n) is 0.509. The van der Waals surface area contributed by atoms with Gasteiger partial charge in [0.25, 0.3) is 0 Å². The molecule has 0 aromatic rings. The first-order valence-corrected chi connectivity index (χ1v) is 2.86. The van der Waals surface area contributed by atoms with E-state index in [2.05, 4.69) is 6.92 Å². The highest BCUT2D eigenvalue weighted by molar-refractivity contribution is 4.56. The van der Waals surface area contributed by atoms with Crippen LogP contribution >= 0.6 is 0 Å². The van der Waals surface area contributed by atoms with Crippen LogP contribution in [0.3, 0.4) is 0 Å². The van der Waals surface area contributed by atoms with Gasteiger partial charge in [0.1, 0.15) is 0 Å². The molecule has 0 aliphatic carbocycles. The van der Waals surface area contributed by atoms with E-state index in [1.807, 2.05) is 0 Å². The summed E-state index contributed by atoms with van der Waals surface area (Å²) in [5.74, 6) is 0.194. The van der Waals surface area contributed by atoms with Gasteiger partial charge in [-0.05, 0) is 18.8 Å². The van der Waals surface area contributed by atoms with E-state index in [9.17, 15) is 0 Å². The van der Waals surface area contributed by atoms with Crippen molar-refractivity contribution < 1.29 is 10.2 Å². The number of aliphatic hydroxyl groups excluding tert-OH is 2. The number of rotatable bonds is 4. The number of aliphatic hydroxyl groups is 2. The van der Waals surface area contributed by atoms with Gasteiger partial charge in [0, 0.05) is 13.2 Å². The minimum absolute atomic E-state index is 0.143. The van der Waals surface area contributed by atoms with E-state index >= 15 is 0 Å². The Morgan fingerprint density at radius 3 is 2.12 bits per heavy atom. The second-order valence-electron chi connectivity index (χ2n) is 1.85. The molecule has 0 saturated heterocycles. The predicted octanol–water partition coefficient (Wildman–Crippen LogP) is 0.201. The molecule has 0 aromatic carbocycles. The summed E-state index contributed by atoms with van der Waals surface area (Å²) >= 11 is 0. The Morgan fingerprint density at radius 1 is 1.38 bits per heavy atom. The van der Waals surface area contributed by atoms with Crippen molar-refractivity contribution in [3.8, 4) is 0 Å². The van der Waals surface area contributed by atoms with Crippen molar-refractivity contribution in [2.75, 3.05) is 13.2 Å². The molecule has 1 radical (unpaired) electrons. The largest absolute Gasteiger partial charge is 0.396 e. The summed E-state index contributed by atoms with van der Waals surface area (Å²) in [4.78, 5) is 0. The molecule has 0 aliphatic heterocycles. The zero-order valence-electron chi connectivity index (χ0n) is 5.01. The molecule has 0 spiro atoms. The van der Waals surface area contributed by atoms with Crippen LogP contribution in [0.15, 0.2) is 0 Å². The molecular formula is C6H13O2. The molecule has 2 N–H and O–H groups in total. The van der Waals surface area contributed by atoms with E-state index in [0.717, 1.165) is 0 Å². The average Bonchev–Trinajstić information content (AvgIpc) is 1.83. The van der Waals surface area contributed by atoms with Crippen molar-refractivity contribution in [2.24, 2.45) is 5.92 Å². The lowest BCUT2D eigenvalue weighted by atomic mass is 10.1. The second-order valence-corrected chi connectivity index (χ2v) is 1.85. The molecule has 0 aromatic heterocycles. The van der Waals surface area contributed by atoms with Gasteiger partial charge in [0.15, 0.2) is 0 Å². The summed E-state index contributed by atoms with van der Waals surface area (Å²) in [6.07, 6.45) is 1.37. The van der Waals surface area contributed by atoms with Crippen LogP contribution in [0.4, 0.5) is 0 Å². The summed E-state index contributed by atoms with van der Waals surface area (Å²) in [6, 6.07) is 0. The van der Waals surface area contributed by atoms with E-state index in [1.54, 1.807) is 0 Å². The smallest absolute Gasteiger partial charge is 0.0460 e. The standard InChI is InChI=1S/C6H13O2/c1-2-6(5-8)3-4-7/h6-8H,1-5H2. The Labute approximate surface area is 50.2 Å². The first kappa shape index (κ1) is 7.92. The molecule has 0 rings (SSSR count). The minimum Gasteiger partial charge on any atom is -0.396 e. The summed E-state index contributed by atoms with van der Waals surface area (Å²) in [5, 5.41) is 16.9. The Bertz CT molecular complexity index is 41.8. The van der Waals surface area contributed by atoms with E-state index < -0.39 is 0 Å². The van der Waals surface area contributed by atoms with Gasteiger partial charge >= 0.3 is 0 Å². The molecule has 1 unspecified atom stereocenters. The molecule has 0 saturated carbocycles. The summed E-state index contributed by atoms with van der Waals surface area (Å²) < 4.78 is 0. The van der Waals surface area contributed by atoms with Crippen LogP contribution in [0.2, 0.25) is 0 Å². The maximum Gasteiger partial charge on any atom is 0.0460 e. The SMILES string of the molecule is [CH2]CC(CO)CCO. The number of hydrogen-bond acceptors (Lipinski definition) is 2. The summed E-state index contributed by atoms with van der Waals surface area (Å²) in [5.41, 5.74) is 0. The van der Waals surface area contributed by atoms with Gasteiger partial charge in [-0.1, -0.05) is 6.92 Å². The maximum absolute atomic E-state index is 8.51. The molecule has 0 amide bonds. The first-order chi connectivity index (χ1) is 3.85. The van der Waals surface area contributed by atoms with Crippen molar-refractivity contribution in [3.05, 3.63) is 6.92 Å². The van der Waals surface area contributed by atoms with Crippen molar-refractivity contribution in [1.82, 2.24) is 0 Å². The van der Waals surface area contributed by atoms with Gasteiger partial charge in [-0.25, -0.2) is 0 Å². The average molecular weight is 117 g/mol. The Hall–Kier alpha value is -0.0800. The Balaban J connectivity index is 3.07. The third-order valence-electron chi connectivity index (χ3n) is 1.20. The van der Waals surface area contributed by atoms with Crippen LogP contribution in [-0.2, 0) is 0 Å². The van der Waals surface area contributed by atoms with Crippen molar-refractivity contribution >= 4 is 0 Å². The zero-order chi connectivity index (χ0) is 6.41. The van der Waals surface area contributed by atoms with Crippen LogP contribution in [0.5, 0.6) is 0 Å². The van der Waals surface area contributed by atoms with Gasteiger partial charge < -0.3 is 10.2 Å². The molecule has 8 heavy (non-hydrogen) atoms. The Morgan fingerprint density at radius 2 is 2.00 bits per heavy atom. The highest BCUT2D eigenvalue weighted by Gasteiger charge is 2.00. The summed E-state index contributed by atoms with van der Waals surface area (Å²) in [7, 11) is 0. The lowest BCUT2D eigenvalue weighted by Gasteiger charge is -2.06. The predicted molar refractivity (Wildman–Crippen MR) is 32.3 cm³/mol. The molecule has 2 heteroatoms. The first-order valence-electron chi connectivity index (χ1n) is 2.86. The molecule has 0 heterocycles. The maximum atomic E-state index is 8.51. The van der Waals surface area contributed by atoms with Crippen LogP contribution in [-0.4, -0.2) is 23.4 Å². The normalized spacial score (nSPS) is 13.9. The van der Waals surface area contributed by atoms with Crippen LogP contribution < -0.4 is 0 Å². The quantitative estimate of drug-likeness (QED) is 0.552.